The van der Waals surface area contributed by atoms with Crippen molar-refractivity contribution in [2.24, 2.45) is 11.8 Å². The maximum atomic E-state index is 6.16. The van der Waals surface area contributed by atoms with Crippen molar-refractivity contribution < 1.29 is 4.74 Å². The number of ether oxygens (including phenoxy) is 1. The van der Waals surface area contributed by atoms with E-state index in [0.717, 1.165) is 28.7 Å². The number of nitrogen functional groups attached to an aromatic ring is 1. The van der Waals surface area contributed by atoms with Crippen molar-refractivity contribution in [1.29, 1.82) is 0 Å². The van der Waals surface area contributed by atoms with Crippen molar-refractivity contribution in [3.05, 3.63) is 29.5 Å². The normalized spacial score (nSPS) is 26.7. The van der Waals surface area contributed by atoms with Gasteiger partial charge >= 0.3 is 0 Å². The molecule has 0 saturated heterocycles. The van der Waals surface area contributed by atoms with Crippen molar-refractivity contribution in [1.82, 2.24) is 10.2 Å². The van der Waals surface area contributed by atoms with Crippen LogP contribution in [0.5, 0.6) is 5.75 Å². The van der Waals surface area contributed by atoms with Crippen LogP contribution < -0.4 is 10.5 Å². The molecule has 0 spiro atoms. The predicted molar refractivity (Wildman–Crippen MR) is 83.3 cm³/mol. The number of anilines is 1. The molecule has 2 unspecified atom stereocenters. The largest absolute Gasteiger partial charge is 0.496 e. The van der Waals surface area contributed by atoms with Gasteiger partial charge in [0.1, 0.15) is 5.75 Å². The number of hydrogen-bond acceptors (Lipinski definition) is 3. The standard InChI is InChI=1S/C17H21N3O/c1-9-3-4-14(21-2)13(5-9)15-16(19-20-17(15)18)12-7-10-6-11(10)8-12/h3-5,10-12H,6-8H2,1-2H3,(H3,18,19,20). The fourth-order valence-corrected chi connectivity index (χ4v) is 3.92. The van der Waals surface area contributed by atoms with Crippen molar-refractivity contribution >= 4 is 5.82 Å². The number of fused-ring (bicyclic) bond motifs is 1. The molecule has 2 saturated carbocycles. The summed E-state index contributed by atoms with van der Waals surface area (Å²) in [4.78, 5) is 0. The Hall–Kier alpha value is -1.97. The first-order valence-electron chi connectivity index (χ1n) is 7.66. The van der Waals surface area contributed by atoms with Gasteiger partial charge in [-0.15, -0.1) is 0 Å². The second kappa shape index (κ2) is 4.52. The molecule has 2 atom stereocenters. The molecule has 2 aromatic rings. The minimum absolute atomic E-state index is 0.568. The number of aromatic amines is 1. The van der Waals surface area contributed by atoms with Crippen LogP contribution in [0.4, 0.5) is 5.82 Å². The minimum atomic E-state index is 0.568. The van der Waals surface area contributed by atoms with Gasteiger partial charge in [0, 0.05) is 17.2 Å². The van der Waals surface area contributed by atoms with Crippen molar-refractivity contribution in [2.45, 2.75) is 32.1 Å². The Morgan fingerprint density at radius 1 is 1.24 bits per heavy atom. The molecule has 3 N–H and O–H groups in total. The fourth-order valence-electron chi connectivity index (χ4n) is 3.92. The summed E-state index contributed by atoms with van der Waals surface area (Å²) in [6, 6.07) is 6.20. The van der Waals surface area contributed by atoms with Gasteiger partial charge in [-0.1, -0.05) is 11.6 Å². The third kappa shape index (κ3) is 2.01. The second-order valence-corrected chi connectivity index (χ2v) is 6.53. The first-order chi connectivity index (χ1) is 10.2. The van der Waals surface area contributed by atoms with Crippen LogP contribution in [0.2, 0.25) is 0 Å². The summed E-state index contributed by atoms with van der Waals surface area (Å²) in [6.45, 7) is 2.09. The van der Waals surface area contributed by atoms with Crippen LogP contribution in [0.1, 0.15) is 36.4 Å². The number of rotatable bonds is 3. The lowest BCUT2D eigenvalue weighted by molar-refractivity contribution is 0.416. The average molecular weight is 283 g/mol. The SMILES string of the molecule is COc1ccc(C)cc1-c1c(N)n[nH]c1C1CC2CC2C1. The monoisotopic (exact) mass is 283 g/mol. The Kier molecular flexibility index (Phi) is 2.74. The highest BCUT2D eigenvalue weighted by Gasteiger charge is 2.47. The van der Waals surface area contributed by atoms with Crippen molar-refractivity contribution in [3.63, 3.8) is 0 Å². The maximum Gasteiger partial charge on any atom is 0.153 e. The molecular formula is C17H21N3O. The van der Waals surface area contributed by atoms with E-state index in [0.29, 0.717) is 11.7 Å². The number of nitrogens with one attached hydrogen (secondary N) is 1. The smallest absolute Gasteiger partial charge is 0.153 e. The number of nitrogens with zero attached hydrogens (tertiary/aromatic N) is 1. The molecule has 4 rings (SSSR count). The summed E-state index contributed by atoms with van der Waals surface area (Å²) in [7, 11) is 1.70. The van der Waals surface area contributed by atoms with E-state index in [1.807, 2.05) is 6.07 Å². The molecule has 4 heteroatoms. The molecule has 1 aromatic carbocycles. The quantitative estimate of drug-likeness (QED) is 0.906. The Balaban J connectivity index is 1.81. The zero-order valence-corrected chi connectivity index (χ0v) is 12.5. The van der Waals surface area contributed by atoms with E-state index in [1.165, 1.54) is 30.5 Å². The first kappa shape index (κ1) is 12.7. The molecular weight excluding hydrogens is 262 g/mol. The second-order valence-electron chi connectivity index (χ2n) is 6.53. The van der Waals surface area contributed by atoms with E-state index in [4.69, 9.17) is 10.5 Å². The number of aryl methyl sites for hydroxylation is 1. The lowest BCUT2D eigenvalue weighted by atomic mass is 9.92. The molecule has 21 heavy (non-hydrogen) atoms. The van der Waals surface area contributed by atoms with Gasteiger partial charge in [-0.05, 0) is 50.2 Å². The Bertz CT molecular complexity index is 681. The number of hydrogen-bond donors (Lipinski definition) is 2. The summed E-state index contributed by atoms with van der Waals surface area (Å²) in [5.41, 5.74) is 10.7. The highest BCUT2D eigenvalue weighted by molar-refractivity contribution is 5.81. The van der Waals surface area contributed by atoms with E-state index in [2.05, 4.69) is 29.3 Å². The fraction of sp³-hybridized carbons (Fsp3) is 0.471. The van der Waals surface area contributed by atoms with Crippen LogP contribution in [0.15, 0.2) is 18.2 Å². The van der Waals surface area contributed by atoms with E-state index in [1.54, 1.807) is 7.11 Å². The van der Waals surface area contributed by atoms with Crippen LogP contribution in [0.3, 0.4) is 0 Å². The summed E-state index contributed by atoms with van der Waals surface area (Å²) in [6.07, 6.45) is 3.96. The highest BCUT2D eigenvalue weighted by Crippen LogP contribution is 2.58. The molecule has 110 valence electrons. The first-order valence-corrected chi connectivity index (χ1v) is 7.66. The minimum Gasteiger partial charge on any atom is -0.496 e. The van der Waals surface area contributed by atoms with Gasteiger partial charge in [0.15, 0.2) is 5.82 Å². The number of H-pyrrole nitrogens is 1. The number of methoxy groups -OCH3 is 1. The Labute approximate surface area is 124 Å². The molecule has 1 aromatic heterocycles. The molecule has 2 aliphatic carbocycles. The Morgan fingerprint density at radius 3 is 2.71 bits per heavy atom. The van der Waals surface area contributed by atoms with Crippen LogP contribution >= 0.6 is 0 Å². The van der Waals surface area contributed by atoms with Crippen LogP contribution in [0, 0.1) is 18.8 Å². The summed E-state index contributed by atoms with van der Waals surface area (Å²) in [5.74, 6) is 3.88. The third-order valence-corrected chi connectivity index (χ3v) is 5.10. The van der Waals surface area contributed by atoms with E-state index in [-0.39, 0.29) is 0 Å². The molecule has 0 aliphatic heterocycles. The summed E-state index contributed by atoms with van der Waals surface area (Å²) >= 11 is 0. The van der Waals surface area contributed by atoms with E-state index < -0.39 is 0 Å². The number of aromatic nitrogens is 2. The lowest BCUT2D eigenvalue weighted by Crippen LogP contribution is -2.00. The maximum absolute atomic E-state index is 6.16. The highest BCUT2D eigenvalue weighted by atomic mass is 16.5. The van der Waals surface area contributed by atoms with Gasteiger partial charge in [0.05, 0.1) is 12.7 Å². The summed E-state index contributed by atoms with van der Waals surface area (Å²) < 4.78 is 5.53. The molecule has 2 aliphatic rings. The van der Waals surface area contributed by atoms with Gasteiger partial charge in [0.25, 0.3) is 0 Å². The molecule has 0 amide bonds. The molecule has 0 bridgehead atoms. The topological polar surface area (TPSA) is 63.9 Å². The van der Waals surface area contributed by atoms with Gasteiger partial charge in [-0.3, -0.25) is 5.10 Å². The van der Waals surface area contributed by atoms with Gasteiger partial charge in [-0.25, -0.2) is 0 Å². The number of nitrogens with two attached hydrogens (primary N) is 1. The van der Waals surface area contributed by atoms with Crippen LogP contribution in [0.25, 0.3) is 11.1 Å². The van der Waals surface area contributed by atoms with Crippen molar-refractivity contribution in [3.8, 4) is 16.9 Å². The molecule has 2 fully saturated rings. The van der Waals surface area contributed by atoms with Crippen LogP contribution in [-0.4, -0.2) is 17.3 Å². The lowest BCUT2D eigenvalue weighted by Gasteiger charge is -2.15. The van der Waals surface area contributed by atoms with E-state index >= 15 is 0 Å². The Morgan fingerprint density at radius 2 is 2.00 bits per heavy atom. The predicted octanol–water partition coefficient (Wildman–Crippen LogP) is 3.49. The molecule has 0 radical (unpaired) electrons. The van der Waals surface area contributed by atoms with Gasteiger partial charge < -0.3 is 10.5 Å². The van der Waals surface area contributed by atoms with Crippen LogP contribution in [-0.2, 0) is 0 Å². The van der Waals surface area contributed by atoms with Gasteiger partial charge in [-0.2, -0.15) is 5.10 Å². The van der Waals surface area contributed by atoms with Gasteiger partial charge in [0.2, 0.25) is 0 Å². The zero-order valence-electron chi connectivity index (χ0n) is 12.5. The number of benzene rings is 1. The van der Waals surface area contributed by atoms with Crippen molar-refractivity contribution in [2.75, 3.05) is 12.8 Å². The molecule has 4 nitrogen and oxygen atoms in total. The van der Waals surface area contributed by atoms with E-state index in [9.17, 15) is 0 Å². The zero-order chi connectivity index (χ0) is 14.6. The molecule has 1 heterocycles. The third-order valence-electron chi connectivity index (χ3n) is 5.10. The average Bonchev–Trinajstić information content (AvgIpc) is 2.92. The summed E-state index contributed by atoms with van der Waals surface area (Å²) in [5, 5.41) is 7.48.